The third kappa shape index (κ3) is 5.37. The van der Waals surface area contributed by atoms with Gasteiger partial charge in [0.25, 0.3) is 5.91 Å². The standard InChI is InChI=1S/C20H23N3O4S2/c1-14(24)21-15-6-8-17(9-7-15)29(26,27)22-16-10-12-23(13-11-16)20(25)18-4-2-3-5-19(18)28/h2-9,16,22,28H,10-13H2,1H3,(H,21,24). The van der Waals surface area contributed by atoms with Crippen LogP contribution in [-0.4, -0.2) is 44.3 Å². The first kappa shape index (κ1) is 21.4. The van der Waals surface area contributed by atoms with Crippen molar-refractivity contribution in [2.75, 3.05) is 18.4 Å². The number of anilines is 1. The Morgan fingerprint density at radius 3 is 2.24 bits per heavy atom. The number of likely N-dealkylation sites (tertiary alicyclic amines) is 1. The largest absolute Gasteiger partial charge is 0.338 e. The van der Waals surface area contributed by atoms with Crippen LogP contribution in [0.5, 0.6) is 0 Å². The number of carbonyl (C=O) groups is 2. The van der Waals surface area contributed by atoms with Crippen molar-refractivity contribution in [3.05, 3.63) is 54.1 Å². The molecule has 2 aromatic rings. The number of carbonyl (C=O) groups excluding carboxylic acids is 2. The Bertz CT molecular complexity index is 999. The number of hydrogen-bond donors (Lipinski definition) is 3. The molecule has 9 heteroatoms. The van der Waals surface area contributed by atoms with E-state index in [1.807, 2.05) is 6.07 Å². The second kappa shape index (κ2) is 8.98. The van der Waals surface area contributed by atoms with Crippen LogP contribution in [0.25, 0.3) is 0 Å². The van der Waals surface area contributed by atoms with Gasteiger partial charge in [0.1, 0.15) is 0 Å². The highest BCUT2D eigenvalue weighted by molar-refractivity contribution is 7.89. The van der Waals surface area contributed by atoms with Crippen LogP contribution in [0.4, 0.5) is 5.69 Å². The van der Waals surface area contributed by atoms with Crippen molar-refractivity contribution in [1.82, 2.24) is 9.62 Å². The molecule has 2 amide bonds. The second-order valence-electron chi connectivity index (χ2n) is 6.91. The molecule has 0 spiro atoms. The minimum Gasteiger partial charge on any atom is -0.338 e. The van der Waals surface area contributed by atoms with E-state index in [2.05, 4.69) is 22.7 Å². The van der Waals surface area contributed by atoms with E-state index < -0.39 is 10.0 Å². The van der Waals surface area contributed by atoms with Crippen molar-refractivity contribution in [1.29, 1.82) is 0 Å². The molecule has 0 radical (unpaired) electrons. The van der Waals surface area contributed by atoms with Crippen molar-refractivity contribution >= 4 is 40.2 Å². The minimum atomic E-state index is -3.68. The molecule has 2 aromatic carbocycles. The van der Waals surface area contributed by atoms with Crippen LogP contribution in [0.15, 0.2) is 58.3 Å². The number of hydrogen-bond acceptors (Lipinski definition) is 5. The number of nitrogens with zero attached hydrogens (tertiary/aromatic N) is 1. The van der Waals surface area contributed by atoms with Gasteiger partial charge in [-0.15, -0.1) is 12.6 Å². The predicted molar refractivity (Wildman–Crippen MR) is 114 cm³/mol. The Kier molecular flexibility index (Phi) is 6.61. The van der Waals surface area contributed by atoms with Gasteiger partial charge in [-0.1, -0.05) is 12.1 Å². The summed E-state index contributed by atoms with van der Waals surface area (Å²) in [5, 5.41) is 2.60. The lowest BCUT2D eigenvalue weighted by atomic mass is 10.0. The number of sulfonamides is 1. The molecule has 0 atom stereocenters. The van der Waals surface area contributed by atoms with E-state index in [1.165, 1.54) is 19.1 Å². The summed E-state index contributed by atoms with van der Waals surface area (Å²) in [7, 11) is -3.68. The third-order valence-electron chi connectivity index (χ3n) is 4.72. The number of rotatable bonds is 5. The topological polar surface area (TPSA) is 95.6 Å². The minimum absolute atomic E-state index is 0.0922. The average Bonchev–Trinajstić information content (AvgIpc) is 2.68. The third-order valence-corrected chi connectivity index (χ3v) is 6.65. The summed E-state index contributed by atoms with van der Waals surface area (Å²) >= 11 is 4.33. The van der Waals surface area contributed by atoms with Crippen molar-refractivity contribution in [3.8, 4) is 0 Å². The Labute approximate surface area is 176 Å². The maximum absolute atomic E-state index is 12.7. The summed E-state index contributed by atoms with van der Waals surface area (Å²) in [5.74, 6) is -0.314. The van der Waals surface area contributed by atoms with Gasteiger partial charge in [0.15, 0.2) is 0 Å². The fourth-order valence-electron chi connectivity index (χ4n) is 3.23. The average molecular weight is 434 g/mol. The van der Waals surface area contributed by atoms with Crippen LogP contribution in [0.3, 0.4) is 0 Å². The Morgan fingerprint density at radius 1 is 1.03 bits per heavy atom. The van der Waals surface area contributed by atoms with Crippen molar-refractivity contribution in [3.63, 3.8) is 0 Å². The highest BCUT2D eigenvalue weighted by Crippen LogP contribution is 2.20. The summed E-state index contributed by atoms with van der Waals surface area (Å²) in [6, 6.07) is 12.9. The summed E-state index contributed by atoms with van der Waals surface area (Å²) in [6.45, 7) is 2.32. The second-order valence-corrected chi connectivity index (χ2v) is 9.11. The Hall–Kier alpha value is -2.36. The number of amides is 2. The van der Waals surface area contributed by atoms with Gasteiger partial charge in [-0.2, -0.15) is 0 Å². The van der Waals surface area contributed by atoms with E-state index in [1.54, 1.807) is 35.2 Å². The van der Waals surface area contributed by atoms with Crippen molar-refractivity contribution < 1.29 is 18.0 Å². The highest BCUT2D eigenvalue weighted by Gasteiger charge is 2.27. The van der Waals surface area contributed by atoms with Gasteiger partial charge in [0.2, 0.25) is 15.9 Å². The molecule has 0 aromatic heterocycles. The van der Waals surface area contributed by atoms with E-state index in [0.717, 1.165) is 0 Å². The van der Waals surface area contributed by atoms with E-state index in [-0.39, 0.29) is 22.8 Å². The molecule has 1 aliphatic heterocycles. The van der Waals surface area contributed by atoms with Gasteiger partial charge in [-0.25, -0.2) is 13.1 Å². The van der Waals surface area contributed by atoms with E-state index >= 15 is 0 Å². The van der Waals surface area contributed by atoms with Crippen LogP contribution >= 0.6 is 12.6 Å². The maximum atomic E-state index is 12.7. The van der Waals surface area contributed by atoms with Gasteiger partial charge >= 0.3 is 0 Å². The fourth-order valence-corrected chi connectivity index (χ4v) is 4.79. The molecule has 29 heavy (non-hydrogen) atoms. The van der Waals surface area contributed by atoms with E-state index in [0.29, 0.717) is 42.1 Å². The molecule has 3 rings (SSSR count). The summed E-state index contributed by atoms with van der Waals surface area (Å²) in [5.41, 5.74) is 1.09. The first-order chi connectivity index (χ1) is 13.8. The summed E-state index contributed by atoms with van der Waals surface area (Å²) < 4.78 is 28.0. The fraction of sp³-hybridized carbons (Fsp3) is 0.300. The molecule has 7 nitrogen and oxygen atoms in total. The van der Waals surface area contributed by atoms with Crippen LogP contribution in [-0.2, 0) is 14.8 Å². The van der Waals surface area contributed by atoms with Crippen LogP contribution in [0.2, 0.25) is 0 Å². The molecule has 0 aliphatic carbocycles. The van der Waals surface area contributed by atoms with Gasteiger partial charge in [0.05, 0.1) is 10.5 Å². The van der Waals surface area contributed by atoms with Gasteiger partial charge in [0, 0.05) is 36.6 Å². The molecule has 154 valence electrons. The van der Waals surface area contributed by atoms with E-state index in [9.17, 15) is 18.0 Å². The molecule has 1 fully saturated rings. The van der Waals surface area contributed by atoms with Crippen molar-refractivity contribution in [2.45, 2.75) is 35.6 Å². The lowest BCUT2D eigenvalue weighted by molar-refractivity contribution is -0.114. The monoisotopic (exact) mass is 433 g/mol. The Balaban J connectivity index is 1.59. The first-order valence-corrected chi connectivity index (χ1v) is 11.2. The van der Waals surface area contributed by atoms with Crippen molar-refractivity contribution in [2.24, 2.45) is 0 Å². The molecule has 0 bridgehead atoms. The zero-order chi connectivity index (χ0) is 21.0. The number of thiol groups is 1. The Morgan fingerprint density at radius 2 is 1.66 bits per heavy atom. The van der Waals surface area contributed by atoms with Crippen LogP contribution < -0.4 is 10.0 Å². The number of nitrogens with one attached hydrogen (secondary N) is 2. The van der Waals surface area contributed by atoms with E-state index in [4.69, 9.17) is 0 Å². The van der Waals surface area contributed by atoms with Gasteiger partial charge in [-0.05, 0) is 49.2 Å². The molecule has 1 heterocycles. The van der Waals surface area contributed by atoms with Gasteiger partial charge in [-0.3, -0.25) is 9.59 Å². The van der Waals surface area contributed by atoms with Gasteiger partial charge < -0.3 is 10.2 Å². The number of benzene rings is 2. The lowest BCUT2D eigenvalue weighted by Crippen LogP contribution is -2.46. The van der Waals surface area contributed by atoms with Crippen LogP contribution in [0.1, 0.15) is 30.1 Å². The predicted octanol–water partition coefficient (Wildman–Crippen LogP) is 2.52. The highest BCUT2D eigenvalue weighted by atomic mass is 32.2. The SMILES string of the molecule is CC(=O)Nc1ccc(S(=O)(=O)NC2CCN(C(=O)c3ccccc3S)CC2)cc1. The molecule has 0 saturated carbocycles. The quantitative estimate of drug-likeness (QED) is 0.632. The molecule has 2 N–H and O–H groups in total. The normalized spacial score (nSPS) is 15.2. The maximum Gasteiger partial charge on any atom is 0.254 e. The molecular weight excluding hydrogens is 410 g/mol. The molecular formula is C20H23N3O4S2. The van der Waals surface area contributed by atoms with Crippen LogP contribution in [0, 0.1) is 0 Å². The molecule has 1 aliphatic rings. The summed E-state index contributed by atoms with van der Waals surface area (Å²) in [6.07, 6.45) is 1.06. The smallest absolute Gasteiger partial charge is 0.254 e. The molecule has 0 unspecified atom stereocenters. The summed E-state index contributed by atoms with van der Waals surface area (Å²) in [4.78, 5) is 26.2. The molecule has 1 saturated heterocycles. The number of piperidine rings is 1. The first-order valence-electron chi connectivity index (χ1n) is 9.23. The zero-order valence-corrected chi connectivity index (χ0v) is 17.7. The lowest BCUT2D eigenvalue weighted by Gasteiger charge is -2.32. The zero-order valence-electron chi connectivity index (χ0n) is 16.0.